The average Bonchev–Trinajstić information content (AvgIpc) is 1.56. The lowest BCUT2D eigenvalue weighted by molar-refractivity contribution is 1.09. The van der Waals surface area contributed by atoms with Gasteiger partial charge in [-0.2, -0.15) is 10.5 Å². The standard InChI is InChI=1S/C86H52N4/c87-53-69-51-85(89-81-34-14-11-29-76(81)77-30-12-15-35-82(77)89)86(52-70(69)54-88)90-83-36-16-13-31-78(83)80-49-59(38-40-84(80)90)63-45-65(64-43-61(55-19-3-1-4-20-55)42-62(44-64)56-21-5-2-6-22-56)47-66(46-63)67-48-68-41-60(73-32-17-25-57-23-7-9-27-71(57)73)37-39-74(68)79(50-67)75-33-18-26-58-24-8-10-28-72(58)75/h1-52H. The summed E-state index contributed by atoms with van der Waals surface area (Å²) in [6.07, 6.45) is 0. The molecule has 0 aliphatic carbocycles. The van der Waals surface area contributed by atoms with E-state index in [4.69, 9.17) is 0 Å². The number of para-hydroxylation sites is 3. The summed E-state index contributed by atoms with van der Waals surface area (Å²) in [5.74, 6) is 0. The smallest absolute Gasteiger partial charge is 0.101 e. The summed E-state index contributed by atoms with van der Waals surface area (Å²) in [5.41, 5.74) is 22.1. The number of rotatable bonds is 9. The fourth-order valence-corrected chi connectivity index (χ4v) is 14.1. The molecule has 0 spiro atoms. The highest BCUT2D eigenvalue weighted by atomic mass is 15.1. The molecule has 0 saturated carbocycles. The van der Waals surface area contributed by atoms with Crippen molar-refractivity contribution in [3.8, 4) is 101 Å². The van der Waals surface area contributed by atoms with E-state index < -0.39 is 0 Å². The van der Waals surface area contributed by atoms with Crippen molar-refractivity contribution in [2.75, 3.05) is 0 Å². The molecule has 4 heteroatoms. The van der Waals surface area contributed by atoms with E-state index in [9.17, 15) is 10.5 Å². The Hall–Kier alpha value is -12.3. The Kier molecular flexibility index (Phi) is 12.3. The third-order valence-electron chi connectivity index (χ3n) is 18.3. The number of aromatic nitrogens is 2. The zero-order chi connectivity index (χ0) is 59.8. The first-order valence-electron chi connectivity index (χ1n) is 30.5. The highest BCUT2D eigenvalue weighted by Gasteiger charge is 2.23. The van der Waals surface area contributed by atoms with E-state index in [1.807, 2.05) is 12.1 Å². The van der Waals surface area contributed by atoms with Crippen molar-refractivity contribution in [3.63, 3.8) is 0 Å². The molecule has 90 heavy (non-hydrogen) atoms. The van der Waals surface area contributed by atoms with Crippen molar-refractivity contribution in [1.29, 1.82) is 10.5 Å². The van der Waals surface area contributed by atoms with Gasteiger partial charge in [0.15, 0.2) is 0 Å². The lowest BCUT2D eigenvalue weighted by Gasteiger charge is -2.18. The van der Waals surface area contributed by atoms with Gasteiger partial charge < -0.3 is 9.13 Å². The average molecular weight is 1140 g/mol. The van der Waals surface area contributed by atoms with E-state index in [-0.39, 0.29) is 0 Å². The molecule has 2 heterocycles. The molecule has 0 bridgehead atoms. The quantitative estimate of drug-likeness (QED) is 0.145. The molecule has 2 aromatic heterocycles. The van der Waals surface area contributed by atoms with Crippen molar-refractivity contribution in [2.45, 2.75) is 0 Å². The maximum Gasteiger partial charge on any atom is 0.101 e. The molecule has 15 aromatic carbocycles. The lowest BCUT2D eigenvalue weighted by atomic mass is 9.86. The first-order chi connectivity index (χ1) is 44.5. The van der Waals surface area contributed by atoms with Gasteiger partial charge >= 0.3 is 0 Å². The Morgan fingerprint density at radius 1 is 0.200 bits per heavy atom. The molecule has 4 nitrogen and oxygen atoms in total. The molecule has 17 rings (SSSR count). The Bertz CT molecular complexity index is 5750. The number of fused-ring (bicyclic) bond motifs is 9. The van der Waals surface area contributed by atoms with E-state index in [2.05, 4.69) is 325 Å². The molecular formula is C86H52N4. The molecule has 0 unspecified atom stereocenters. The third kappa shape index (κ3) is 8.66. The van der Waals surface area contributed by atoms with Crippen molar-refractivity contribution in [1.82, 2.24) is 9.13 Å². The van der Waals surface area contributed by atoms with Gasteiger partial charge in [0.05, 0.1) is 44.6 Å². The Morgan fingerprint density at radius 3 is 1.09 bits per heavy atom. The van der Waals surface area contributed by atoms with Crippen molar-refractivity contribution >= 4 is 75.9 Å². The summed E-state index contributed by atoms with van der Waals surface area (Å²) in [6.45, 7) is 0. The molecule has 0 N–H and O–H groups in total. The van der Waals surface area contributed by atoms with Gasteiger partial charge in [-0.25, -0.2) is 0 Å². The zero-order valence-electron chi connectivity index (χ0n) is 48.8. The Balaban J connectivity index is 0.924. The van der Waals surface area contributed by atoms with E-state index >= 15 is 0 Å². The van der Waals surface area contributed by atoms with Crippen molar-refractivity contribution in [2.24, 2.45) is 0 Å². The van der Waals surface area contributed by atoms with Gasteiger partial charge in [-0.15, -0.1) is 0 Å². The Morgan fingerprint density at radius 2 is 0.567 bits per heavy atom. The van der Waals surface area contributed by atoms with Gasteiger partial charge in [-0.05, 0) is 207 Å². The van der Waals surface area contributed by atoms with Gasteiger partial charge in [-0.3, -0.25) is 0 Å². The summed E-state index contributed by atoms with van der Waals surface area (Å²) in [6, 6.07) is 119. The van der Waals surface area contributed by atoms with Crippen LogP contribution in [0, 0.1) is 22.7 Å². The molecule has 416 valence electrons. The van der Waals surface area contributed by atoms with Crippen LogP contribution in [0.3, 0.4) is 0 Å². The predicted octanol–water partition coefficient (Wildman–Crippen LogP) is 22.8. The molecular weight excluding hydrogens is 1090 g/mol. The monoisotopic (exact) mass is 1140 g/mol. The van der Waals surface area contributed by atoms with Gasteiger partial charge in [0, 0.05) is 21.5 Å². The second kappa shape index (κ2) is 21.3. The van der Waals surface area contributed by atoms with Crippen LogP contribution >= 0.6 is 0 Å². The second-order valence-corrected chi connectivity index (χ2v) is 23.4. The molecule has 0 amide bonds. The molecule has 0 aliphatic rings. The van der Waals surface area contributed by atoms with Crippen LogP contribution in [0.5, 0.6) is 0 Å². The van der Waals surface area contributed by atoms with Gasteiger partial charge in [0.1, 0.15) is 12.1 Å². The van der Waals surface area contributed by atoms with E-state index in [1.54, 1.807) is 0 Å². The van der Waals surface area contributed by atoms with Gasteiger partial charge in [-0.1, -0.05) is 218 Å². The van der Waals surface area contributed by atoms with Gasteiger partial charge in [0.25, 0.3) is 0 Å². The maximum absolute atomic E-state index is 10.7. The second-order valence-electron chi connectivity index (χ2n) is 23.4. The first kappa shape index (κ1) is 52.0. The summed E-state index contributed by atoms with van der Waals surface area (Å²) < 4.78 is 4.54. The SMILES string of the molecule is N#Cc1cc(-n2c3ccccc3c3ccccc32)c(-n2c3ccccc3c3cc(-c4cc(-c5cc(-c6ccccc6)cc(-c6ccccc6)c5)cc(-c5cc(-c6cccc7ccccc67)c6ccc(-c7cccc8ccccc78)cc6c5)c4)ccc32)cc1C#N. The van der Waals surface area contributed by atoms with Crippen molar-refractivity contribution < 1.29 is 0 Å². The largest absolute Gasteiger partial charge is 0.307 e. The number of benzene rings is 15. The number of hydrogen-bond acceptors (Lipinski definition) is 2. The summed E-state index contributed by atoms with van der Waals surface area (Å²) in [4.78, 5) is 0. The van der Waals surface area contributed by atoms with Crippen LogP contribution in [-0.2, 0) is 0 Å². The first-order valence-corrected chi connectivity index (χ1v) is 30.5. The molecule has 0 saturated heterocycles. The summed E-state index contributed by atoms with van der Waals surface area (Å²) in [7, 11) is 0. The molecule has 0 fully saturated rings. The molecule has 17 aromatic rings. The minimum absolute atomic E-state index is 0.317. The topological polar surface area (TPSA) is 57.4 Å². The Labute approximate surface area is 520 Å². The zero-order valence-corrected chi connectivity index (χ0v) is 48.8. The van der Waals surface area contributed by atoms with Crippen LogP contribution in [-0.4, -0.2) is 9.13 Å². The highest BCUT2D eigenvalue weighted by molar-refractivity contribution is 6.14. The molecule has 0 atom stereocenters. The van der Waals surface area contributed by atoms with Crippen LogP contribution < -0.4 is 0 Å². The van der Waals surface area contributed by atoms with E-state index in [1.165, 1.54) is 49.2 Å². The van der Waals surface area contributed by atoms with Crippen LogP contribution in [0.2, 0.25) is 0 Å². The predicted molar refractivity (Wildman–Crippen MR) is 375 cm³/mol. The number of hydrogen-bond donors (Lipinski definition) is 0. The normalized spacial score (nSPS) is 11.5. The van der Waals surface area contributed by atoms with E-state index in [0.717, 1.165) is 116 Å². The fraction of sp³-hybridized carbons (Fsp3) is 0. The minimum atomic E-state index is 0.317. The number of nitriles is 2. The lowest BCUT2D eigenvalue weighted by Crippen LogP contribution is -2.05. The third-order valence-corrected chi connectivity index (χ3v) is 18.3. The van der Waals surface area contributed by atoms with Crippen molar-refractivity contribution in [3.05, 3.63) is 327 Å². The van der Waals surface area contributed by atoms with Crippen LogP contribution in [0.1, 0.15) is 11.1 Å². The molecule has 0 radical (unpaired) electrons. The summed E-state index contributed by atoms with van der Waals surface area (Å²) in [5, 5.41) is 32.9. The minimum Gasteiger partial charge on any atom is -0.307 e. The van der Waals surface area contributed by atoms with E-state index in [0.29, 0.717) is 11.1 Å². The van der Waals surface area contributed by atoms with Crippen LogP contribution in [0.15, 0.2) is 315 Å². The van der Waals surface area contributed by atoms with Crippen LogP contribution in [0.4, 0.5) is 0 Å². The fourth-order valence-electron chi connectivity index (χ4n) is 14.1. The molecule has 0 aliphatic heterocycles. The summed E-state index contributed by atoms with van der Waals surface area (Å²) >= 11 is 0. The highest BCUT2D eigenvalue weighted by Crippen LogP contribution is 2.45. The maximum atomic E-state index is 10.7. The van der Waals surface area contributed by atoms with Gasteiger partial charge in [0.2, 0.25) is 0 Å². The van der Waals surface area contributed by atoms with Crippen LogP contribution in [0.25, 0.3) is 165 Å². The number of nitrogens with zero attached hydrogens (tertiary/aromatic N) is 4.